The van der Waals surface area contributed by atoms with E-state index >= 15 is 0 Å². The van der Waals surface area contributed by atoms with Crippen LogP contribution in [0.2, 0.25) is 0 Å². The first-order valence-electron chi connectivity index (χ1n) is 7.59. The Morgan fingerprint density at radius 2 is 2.29 bits per heavy atom. The molecule has 5 nitrogen and oxygen atoms in total. The highest BCUT2D eigenvalue weighted by atomic mass is 16.5. The van der Waals surface area contributed by atoms with Gasteiger partial charge in [0.15, 0.2) is 0 Å². The largest absolute Gasteiger partial charge is 0.457 e. The zero-order chi connectivity index (χ0) is 14.4. The van der Waals surface area contributed by atoms with Gasteiger partial charge < -0.3 is 14.8 Å². The maximum atomic E-state index is 11.6. The molecule has 1 N–H and O–H groups in total. The third-order valence-electron chi connectivity index (χ3n) is 4.78. The van der Waals surface area contributed by atoms with Crippen molar-refractivity contribution in [3.63, 3.8) is 0 Å². The first-order valence-corrected chi connectivity index (χ1v) is 7.59. The number of hydrogen-bond donors (Lipinski definition) is 1. The summed E-state index contributed by atoms with van der Waals surface area (Å²) in [5.41, 5.74) is 4.02. The van der Waals surface area contributed by atoms with Crippen molar-refractivity contribution in [2.24, 2.45) is 0 Å². The summed E-state index contributed by atoms with van der Waals surface area (Å²) in [6.07, 6.45) is 0.0975. The molecule has 0 spiro atoms. The van der Waals surface area contributed by atoms with Gasteiger partial charge in [0, 0.05) is 37.8 Å². The number of rotatable bonds is 1. The molecule has 4 rings (SSSR count). The average molecular weight is 288 g/mol. The van der Waals surface area contributed by atoms with Crippen LogP contribution < -0.4 is 5.32 Å². The molecule has 21 heavy (non-hydrogen) atoms. The summed E-state index contributed by atoms with van der Waals surface area (Å²) in [6, 6.07) is 4.55. The van der Waals surface area contributed by atoms with Crippen molar-refractivity contribution in [1.82, 2.24) is 10.2 Å². The summed E-state index contributed by atoms with van der Waals surface area (Å²) in [5.74, 6) is -0.202. The molecule has 0 saturated carbocycles. The van der Waals surface area contributed by atoms with Gasteiger partial charge in [-0.15, -0.1) is 0 Å². The van der Waals surface area contributed by atoms with E-state index in [-0.39, 0.29) is 12.1 Å². The Labute approximate surface area is 124 Å². The normalized spacial score (nSPS) is 28.9. The van der Waals surface area contributed by atoms with Crippen LogP contribution in [-0.4, -0.2) is 49.7 Å². The van der Waals surface area contributed by atoms with Crippen LogP contribution in [0.3, 0.4) is 0 Å². The molecule has 2 fully saturated rings. The Hall–Kier alpha value is -1.43. The summed E-state index contributed by atoms with van der Waals surface area (Å²) in [4.78, 5) is 14.1. The fraction of sp³-hybridized carbons (Fsp3) is 0.562. The maximum Gasteiger partial charge on any atom is 0.338 e. The topological polar surface area (TPSA) is 50.8 Å². The Kier molecular flexibility index (Phi) is 3.21. The molecule has 5 heteroatoms. The number of carbonyl (C=O) groups is 1. The summed E-state index contributed by atoms with van der Waals surface area (Å²) in [5, 5.41) is 3.41. The quantitative estimate of drug-likeness (QED) is 0.782. The number of hydrogen-bond acceptors (Lipinski definition) is 5. The highest BCUT2D eigenvalue weighted by Crippen LogP contribution is 2.32. The van der Waals surface area contributed by atoms with Crippen LogP contribution in [0.15, 0.2) is 12.1 Å². The number of esters is 1. The highest BCUT2D eigenvalue weighted by molar-refractivity contribution is 5.93. The van der Waals surface area contributed by atoms with Gasteiger partial charge >= 0.3 is 5.97 Å². The zero-order valence-corrected chi connectivity index (χ0v) is 12.2. The SMILES string of the molecule is Cc1cc2c(cc1[C@H]1CN3CCNC[C@H]3CO1)COC2=O. The number of morpholine rings is 1. The molecule has 0 radical (unpaired) electrons. The lowest BCUT2D eigenvalue weighted by Gasteiger charge is -2.43. The van der Waals surface area contributed by atoms with Crippen LogP contribution in [0.5, 0.6) is 0 Å². The lowest BCUT2D eigenvalue weighted by molar-refractivity contribution is -0.0720. The number of aryl methyl sites for hydroxylation is 1. The van der Waals surface area contributed by atoms with Crippen molar-refractivity contribution in [1.29, 1.82) is 0 Å². The maximum absolute atomic E-state index is 11.6. The molecule has 1 aromatic carbocycles. The molecule has 112 valence electrons. The van der Waals surface area contributed by atoms with Gasteiger partial charge in [0.2, 0.25) is 0 Å². The van der Waals surface area contributed by atoms with E-state index in [4.69, 9.17) is 9.47 Å². The van der Waals surface area contributed by atoms with Crippen molar-refractivity contribution >= 4 is 5.97 Å². The van der Waals surface area contributed by atoms with E-state index in [1.807, 2.05) is 6.07 Å². The third kappa shape index (κ3) is 2.25. The van der Waals surface area contributed by atoms with Gasteiger partial charge in [-0.1, -0.05) is 0 Å². The number of nitrogens with one attached hydrogen (secondary N) is 1. The third-order valence-corrected chi connectivity index (χ3v) is 4.78. The van der Waals surface area contributed by atoms with Crippen LogP contribution in [0.1, 0.15) is 33.2 Å². The first-order chi connectivity index (χ1) is 10.2. The van der Waals surface area contributed by atoms with E-state index in [1.54, 1.807) is 0 Å². The first kappa shape index (κ1) is 13.2. The summed E-state index contributed by atoms with van der Waals surface area (Å²) in [6.45, 7) is 7.28. The predicted molar refractivity (Wildman–Crippen MR) is 77.2 cm³/mol. The fourth-order valence-electron chi connectivity index (χ4n) is 3.54. The van der Waals surface area contributed by atoms with E-state index in [0.29, 0.717) is 18.2 Å². The molecule has 0 bridgehead atoms. The van der Waals surface area contributed by atoms with Crippen LogP contribution in [-0.2, 0) is 16.1 Å². The molecular formula is C16H20N2O3. The van der Waals surface area contributed by atoms with Crippen molar-refractivity contribution < 1.29 is 14.3 Å². The van der Waals surface area contributed by atoms with E-state index in [0.717, 1.165) is 43.9 Å². The van der Waals surface area contributed by atoms with Gasteiger partial charge in [-0.2, -0.15) is 0 Å². The zero-order valence-electron chi connectivity index (χ0n) is 12.2. The van der Waals surface area contributed by atoms with Gasteiger partial charge in [-0.25, -0.2) is 4.79 Å². The molecule has 0 aliphatic carbocycles. The molecule has 0 aromatic heterocycles. The van der Waals surface area contributed by atoms with E-state index in [9.17, 15) is 4.79 Å². The lowest BCUT2D eigenvalue weighted by Crippen LogP contribution is -2.57. The Morgan fingerprint density at radius 1 is 1.38 bits per heavy atom. The molecule has 0 amide bonds. The molecule has 2 saturated heterocycles. The Balaban J connectivity index is 1.60. The molecule has 3 aliphatic heterocycles. The van der Waals surface area contributed by atoms with E-state index in [2.05, 4.69) is 23.2 Å². The van der Waals surface area contributed by atoms with Crippen molar-refractivity contribution in [3.8, 4) is 0 Å². The number of fused-ring (bicyclic) bond motifs is 2. The Bertz CT molecular complexity index is 587. The fourth-order valence-corrected chi connectivity index (χ4v) is 3.54. The second-order valence-corrected chi connectivity index (χ2v) is 6.12. The molecule has 0 unspecified atom stereocenters. The number of cyclic esters (lactones) is 1. The van der Waals surface area contributed by atoms with Crippen LogP contribution in [0.25, 0.3) is 0 Å². The number of piperazine rings is 1. The number of nitrogens with zero attached hydrogens (tertiary/aromatic N) is 1. The lowest BCUT2D eigenvalue weighted by atomic mass is 9.95. The number of carbonyl (C=O) groups excluding carboxylic acids is 1. The average Bonchev–Trinajstić information content (AvgIpc) is 2.87. The molecular weight excluding hydrogens is 268 g/mol. The molecule has 3 heterocycles. The van der Waals surface area contributed by atoms with Crippen molar-refractivity contribution in [3.05, 3.63) is 34.4 Å². The van der Waals surface area contributed by atoms with Crippen LogP contribution in [0.4, 0.5) is 0 Å². The molecule has 1 aromatic rings. The second kappa shape index (κ2) is 5.09. The minimum absolute atomic E-state index is 0.0975. The van der Waals surface area contributed by atoms with Gasteiger partial charge in [-0.05, 0) is 30.2 Å². The summed E-state index contributed by atoms with van der Waals surface area (Å²) in [7, 11) is 0. The second-order valence-electron chi connectivity index (χ2n) is 6.12. The Morgan fingerprint density at radius 3 is 3.19 bits per heavy atom. The van der Waals surface area contributed by atoms with Crippen molar-refractivity contribution in [2.75, 3.05) is 32.8 Å². The highest BCUT2D eigenvalue weighted by Gasteiger charge is 2.33. The number of ether oxygens (including phenoxy) is 2. The van der Waals surface area contributed by atoms with Gasteiger partial charge in [0.25, 0.3) is 0 Å². The van der Waals surface area contributed by atoms with Gasteiger partial charge in [0.05, 0.1) is 18.3 Å². The van der Waals surface area contributed by atoms with Crippen molar-refractivity contribution in [2.45, 2.75) is 25.7 Å². The monoisotopic (exact) mass is 288 g/mol. The number of benzene rings is 1. The van der Waals surface area contributed by atoms with E-state index < -0.39 is 0 Å². The van der Waals surface area contributed by atoms with Crippen LogP contribution in [0, 0.1) is 6.92 Å². The smallest absolute Gasteiger partial charge is 0.338 e. The summed E-state index contributed by atoms with van der Waals surface area (Å²) < 4.78 is 11.2. The minimum atomic E-state index is -0.202. The van der Waals surface area contributed by atoms with E-state index in [1.165, 1.54) is 5.56 Å². The predicted octanol–water partition coefficient (Wildman–Crippen LogP) is 1.01. The minimum Gasteiger partial charge on any atom is -0.457 e. The van der Waals surface area contributed by atoms with Crippen LogP contribution >= 0.6 is 0 Å². The van der Waals surface area contributed by atoms with Gasteiger partial charge in [-0.3, -0.25) is 4.90 Å². The molecule has 2 atom stereocenters. The standard InChI is InChI=1S/C16H20N2O3/c1-10-4-14-11(8-21-16(14)19)5-13(10)15-7-18-3-2-17-6-12(18)9-20-15/h4-5,12,15,17H,2-3,6-9H2,1H3/t12-,15+/m0/s1. The molecule has 3 aliphatic rings. The van der Waals surface area contributed by atoms with Gasteiger partial charge in [0.1, 0.15) is 6.61 Å². The summed E-state index contributed by atoms with van der Waals surface area (Å²) >= 11 is 0.